The third kappa shape index (κ3) is 2.78. The lowest BCUT2D eigenvalue weighted by molar-refractivity contribution is -0.0434. The van der Waals surface area contributed by atoms with Gasteiger partial charge in [0.05, 0.1) is 12.1 Å². The molecule has 0 aromatic rings. The molecule has 0 aromatic heterocycles. The number of nitrogens with two attached hydrogens (primary N) is 1. The first-order chi connectivity index (χ1) is 8.32. The predicted molar refractivity (Wildman–Crippen MR) is 68.3 cm³/mol. The van der Waals surface area contributed by atoms with Crippen LogP contribution >= 0.6 is 0 Å². The van der Waals surface area contributed by atoms with Gasteiger partial charge in [-0.3, -0.25) is 4.90 Å². The summed E-state index contributed by atoms with van der Waals surface area (Å²) in [6.07, 6.45) is 2.49. The van der Waals surface area contributed by atoms with Crippen molar-refractivity contribution in [2.45, 2.75) is 57.2 Å². The lowest BCUT2D eigenvalue weighted by atomic mass is 9.89. The summed E-state index contributed by atoms with van der Waals surface area (Å²) in [6, 6.07) is 0.0271. The van der Waals surface area contributed by atoms with E-state index in [-0.39, 0.29) is 17.7 Å². The summed E-state index contributed by atoms with van der Waals surface area (Å²) in [7, 11) is 0. The molecular formula is C13H24N2O3. The highest BCUT2D eigenvalue weighted by Crippen LogP contribution is 2.36. The van der Waals surface area contributed by atoms with Crippen LogP contribution < -0.4 is 5.73 Å². The number of rotatable bonds is 0. The zero-order valence-corrected chi connectivity index (χ0v) is 11.6. The molecule has 2 unspecified atom stereocenters. The van der Waals surface area contributed by atoms with Crippen LogP contribution in [-0.2, 0) is 9.47 Å². The lowest BCUT2D eigenvalue weighted by Crippen LogP contribution is -2.53. The number of nitrogens with zero attached hydrogens (tertiary/aromatic N) is 1. The first-order valence-electron chi connectivity index (χ1n) is 6.66. The molecule has 1 amide bonds. The minimum Gasteiger partial charge on any atom is -0.444 e. The summed E-state index contributed by atoms with van der Waals surface area (Å²) in [5.74, 6) is 0. The predicted octanol–water partition coefficient (Wildman–Crippen LogP) is 1.50. The van der Waals surface area contributed by atoms with Crippen molar-refractivity contribution >= 4 is 6.09 Å². The van der Waals surface area contributed by atoms with E-state index in [0.717, 1.165) is 25.9 Å². The molecule has 0 aromatic carbocycles. The van der Waals surface area contributed by atoms with Crippen molar-refractivity contribution < 1.29 is 14.3 Å². The third-order valence-corrected chi connectivity index (χ3v) is 3.55. The normalized spacial score (nSPS) is 32.9. The van der Waals surface area contributed by atoms with Gasteiger partial charge >= 0.3 is 6.09 Å². The van der Waals surface area contributed by atoms with E-state index in [2.05, 4.69) is 0 Å². The molecule has 5 heteroatoms. The molecular weight excluding hydrogens is 232 g/mol. The van der Waals surface area contributed by atoms with E-state index in [9.17, 15) is 4.79 Å². The van der Waals surface area contributed by atoms with E-state index in [1.54, 1.807) is 4.90 Å². The van der Waals surface area contributed by atoms with Gasteiger partial charge in [0.1, 0.15) is 5.60 Å². The maximum Gasteiger partial charge on any atom is 0.410 e. The van der Waals surface area contributed by atoms with Gasteiger partial charge in [-0.1, -0.05) is 0 Å². The van der Waals surface area contributed by atoms with Crippen molar-refractivity contribution in [3.63, 3.8) is 0 Å². The van der Waals surface area contributed by atoms with Gasteiger partial charge in [0.2, 0.25) is 0 Å². The van der Waals surface area contributed by atoms with Gasteiger partial charge in [-0.05, 0) is 40.0 Å². The average Bonchev–Trinajstić information content (AvgIpc) is 2.54. The number of carbonyl (C=O) groups is 1. The highest BCUT2D eigenvalue weighted by molar-refractivity contribution is 5.70. The molecule has 0 saturated carbocycles. The molecule has 0 aliphatic carbocycles. The average molecular weight is 256 g/mol. The van der Waals surface area contributed by atoms with Crippen molar-refractivity contribution in [3.05, 3.63) is 0 Å². The molecule has 104 valence electrons. The van der Waals surface area contributed by atoms with E-state index < -0.39 is 5.60 Å². The molecule has 5 nitrogen and oxygen atoms in total. The fourth-order valence-electron chi connectivity index (χ4n) is 2.89. The Labute approximate surface area is 109 Å². The fourth-order valence-corrected chi connectivity index (χ4v) is 2.89. The van der Waals surface area contributed by atoms with Gasteiger partial charge in [0.15, 0.2) is 0 Å². The molecule has 2 N–H and O–H groups in total. The summed E-state index contributed by atoms with van der Waals surface area (Å²) >= 11 is 0. The van der Waals surface area contributed by atoms with Crippen molar-refractivity contribution in [1.29, 1.82) is 0 Å². The Morgan fingerprint density at radius 1 is 1.50 bits per heavy atom. The second-order valence-electron chi connectivity index (χ2n) is 6.44. The minimum absolute atomic E-state index is 0.0271. The summed E-state index contributed by atoms with van der Waals surface area (Å²) in [5, 5.41) is 0. The van der Waals surface area contributed by atoms with Gasteiger partial charge in [-0.25, -0.2) is 4.79 Å². The van der Waals surface area contributed by atoms with E-state index >= 15 is 0 Å². The molecule has 0 radical (unpaired) electrons. The molecule has 0 bridgehead atoms. The van der Waals surface area contributed by atoms with Gasteiger partial charge in [0, 0.05) is 19.2 Å². The second-order valence-corrected chi connectivity index (χ2v) is 6.44. The Morgan fingerprint density at radius 3 is 2.78 bits per heavy atom. The Morgan fingerprint density at radius 2 is 2.22 bits per heavy atom. The standard InChI is InChI=1S/C13H24N2O3/c1-12(2,3)18-11(16)15-8-10(14)7-13(15)5-4-6-17-9-13/h10H,4-9,14H2,1-3H3. The fraction of sp³-hybridized carbons (Fsp3) is 0.923. The Balaban J connectivity index is 2.11. The van der Waals surface area contributed by atoms with Gasteiger partial charge in [0.25, 0.3) is 0 Å². The summed E-state index contributed by atoms with van der Waals surface area (Å²) < 4.78 is 11.0. The SMILES string of the molecule is CC(C)(C)OC(=O)N1CC(N)CC12CCCOC2. The van der Waals surface area contributed by atoms with Crippen LogP contribution in [0.1, 0.15) is 40.0 Å². The van der Waals surface area contributed by atoms with Crippen LogP contribution in [0, 0.1) is 0 Å². The molecule has 2 aliphatic rings. The summed E-state index contributed by atoms with van der Waals surface area (Å²) in [6.45, 7) is 7.57. The summed E-state index contributed by atoms with van der Waals surface area (Å²) in [4.78, 5) is 14.1. The van der Waals surface area contributed by atoms with Gasteiger partial charge in [-0.2, -0.15) is 0 Å². The molecule has 1 spiro atoms. The first-order valence-corrected chi connectivity index (χ1v) is 6.66. The smallest absolute Gasteiger partial charge is 0.410 e. The molecule has 2 fully saturated rings. The monoisotopic (exact) mass is 256 g/mol. The quantitative estimate of drug-likeness (QED) is 0.713. The highest BCUT2D eigenvalue weighted by atomic mass is 16.6. The number of carbonyl (C=O) groups excluding carboxylic acids is 1. The zero-order valence-electron chi connectivity index (χ0n) is 11.6. The van der Waals surface area contributed by atoms with Crippen molar-refractivity contribution in [2.75, 3.05) is 19.8 Å². The molecule has 2 atom stereocenters. The largest absolute Gasteiger partial charge is 0.444 e. The Hall–Kier alpha value is -0.810. The third-order valence-electron chi connectivity index (χ3n) is 3.55. The number of ether oxygens (including phenoxy) is 2. The summed E-state index contributed by atoms with van der Waals surface area (Å²) in [5.41, 5.74) is 5.32. The molecule has 2 rings (SSSR count). The minimum atomic E-state index is -0.472. The lowest BCUT2D eigenvalue weighted by Gasteiger charge is -2.41. The van der Waals surface area contributed by atoms with Gasteiger partial charge in [-0.15, -0.1) is 0 Å². The van der Waals surface area contributed by atoms with Crippen molar-refractivity contribution in [2.24, 2.45) is 5.73 Å². The molecule has 18 heavy (non-hydrogen) atoms. The van der Waals surface area contributed by atoms with Crippen molar-refractivity contribution in [3.8, 4) is 0 Å². The maximum absolute atomic E-state index is 12.3. The maximum atomic E-state index is 12.3. The van der Waals surface area contributed by atoms with E-state index in [0.29, 0.717) is 13.2 Å². The van der Waals surface area contributed by atoms with Gasteiger partial charge < -0.3 is 15.2 Å². The van der Waals surface area contributed by atoms with Crippen LogP contribution in [-0.4, -0.2) is 47.9 Å². The van der Waals surface area contributed by atoms with Crippen LogP contribution in [0.5, 0.6) is 0 Å². The van der Waals surface area contributed by atoms with Crippen LogP contribution in [0.2, 0.25) is 0 Å². The van der Waals surface area contributed by atoms with Crippen LogP contribution in [0.25, 0.3) is 0 Å². The highest BCUT2D eigenvalue weighted by Gasteiger charge is 2.49. The molecule has 2 heterocycles. The first kappa shape index (κ1) is 13.6. The number of amides is 1. The van der Waals surface area contributed by atoms with Crippen LogP contribution in [0.3, 0.4) is 0 Å². The van der Waals surface area contributed by atoms with Crippen molar-refractivity contribution in [1.82, 2.24) is 4.90 Å². The van der Waals surface area contributed by atoms with Crippen LogP contribution in [0.4, 0.5) is 4.79 Å². The topological polar surface area (TPSA) is 64.8 Å². The molecule has 2 aliphatic heterocycles. The van der Waals surface area contributed by atoms with Crippen LogP contribution in [0.15, 0.2) is 0 Å². The zero-order chi connectivity index (χ0) is 13.4. The van der Waals surface area contributed by atoms with E-state index in [1.165, 1.54) is 0 Å². The molecule has 2 saturated heterocycles. The Bertz CT molecular complexity index is 319. The second kappa shape index (κ2) is 4.70. The van der Waals surface area contributed by atoms with E-state index in [1.807, 2.05) is 20.8 Å². The Kier molecular flexibility index (Phi) is 3.56. The number of likely N-dealkylation sites (tertiary alicyclic amines) is 1. The number of hydrogen-bond donors (Lipinski definition) is 1. The number of hydrogen-bond acceptors (Lipinski definition) is 4. The van der Waals surface area contributed by atoms with E-state index in [4.69, 9.17) is 15.2 Å².